The molecule has 0 amide bonds. The lowest BCUT2D eigenvalue weighted by Crippen LogP contribution is -2.59. The summed E-state index contributed by atoms with van der Waals surface area (Å²) in [5.74, 6) is 17.0. The highest BCUT2D eigenvalue weighted by atomic mass is 16.6. The number of carbonyl (C=O) groups is 7. The Bertz CT molecular complexity index is 4090. The van der Waals surface area contributed by atoms with E-state index in [4.69, 9.17) is 33.2 Å². The molecule has 14 heteroatoms. The Morgan fingerprint density at radius 3 is 0.846 bits per heavy atom. The molecule has 16 atom stereocenters. The van der Waals surface area contributed by atoms with E-state index in [9.17, 15) is 33.6 Å². The van der Waals surface area contributed by atoms with Crippen molar-refractivity contribution in [2.75, 3.05) is 0 Å². The second kappa shape index (κ2) is 45.9. The highest BCUT2D eigenvalue weighted by Gasteiger charge is 2.69. The van der Waals surface area contributed by atoms with Gasteiger partial charge in [0.05, 0.1) is 39.9 Å². The van der Waals surface area contributed by atoms with Gasteiger partial charge in [-0.25, -0.2) is 0 Å². The molecule has 143 heavy (non-hydrogen) atoms. The highest BCUT2D eigenvalue weighted by Crippen LogP contribution is 2.74. The first-order chi connectivity index (χ1) is 67.0. The smallest absolute Gasteiger partial charge is 0.312 e. The summed E-state index contributed by atoms with van der Waals surface area (Å²) in [7, 11) is 0. The van der Waals surface area contributed by atoms with E-state index in [1.165, 1.54) is 263 Å². The van der Waals surface area contributed by atoms with Crippen molar-refractivity contribution < 1.29 is 66.7 Å². The Labute approximate surface area is 875 Å². The average molecular weight is 2000 g/mol. The summed E-state index contributed by atoms with van der Waals surface area (Å²) in [4.78, 5) is 86.8. The van der Waals surface area contributed by atoms with E-state index >= 15 is 0 Å². The minimum absolute atomic E-state index is 0.00750. The average Bonchev–Trinajstić information content (AvgIpc) is 1.70. The standard InChI is InChI=1S/C22H38O2.C21H36O2.2C18H30O2.C17H28O2.C17H30O2.C16H28O2/c1-6-8-9-21(5,24-19(23)20(3,4)7-2)22-13-16-10-17(14-22)12-18(11-16)15-22;1-5-7-8-20(4,23-19(22)15(3)6-2)21-12-16-9-17(13-21)11-18(10-16)14-21;1-6-16(2,3)15(19)20-17(4,5)18-10-12-7-13(11-18)9-14(18)8-12;1-5-12(2)16(19)20-17(3,4)18-9-13-6-14(10-18)8-15(7-13)11-18;1-5-11(2)15(18)19-16(3,4)17-9-12-6-13(10-17)8-14(17)7-12;1-5-16(2,3)15(18)19-17(4)11-10-13-8-6-7-9-14(13)12-17;1-4-12(2)15(17)18-16(3)10-9-13-7-5-6-8-14(13)11-16/h16-18H,6-15H2,1-5H3;15-18H,5-14H2,1-4H3;12-14H,6-11H2,1-5H3;12-15H,5-11H2,1-4H3;11-14H,5-10H2,1-4H3;13-14H,5-12H2,1-4H3;12-14H,4-11H2,1-3H3. The van der Waals surface area contributed by atoms with Crippen molar-refractivity contribution in [1.82, 2.24) is 0 Å². The quantitative estimate of drug-likeness (QED) is 0.0458. The number of rotatable bonds is 32. The van der Waals surface area contributed by atoms with Crippen LogP contribution in [0.25, 0.3) is 0 Å². The fraction of sp³-hybridized carbons (Fsp3) is 0.946. The molecule has 0 saturated heterocycles. The Morgan fingerprint density at radius 2 is 0.531 bits per heavy atom. The molecule has 24 saturated carbocycles. The monoisotopic (exact) mass is 1990 g/mol. The van der Waals surface area contributed by atoms with E-state index in [-0.39, 0.29) is 143 Å². The first-order valence-corrected chi connectivity index (χ1v) is 61.6. The van der Waals surface area contributed by atoms with Crippen LogP contribution in [0.3, 0.4) is 0 Å². The molecule has 820 valence electrons. The predicted octanol–water partition coefficient (Wildman–Crippen LogP) is 34.2. The summed E-state index contributed by atoms with van der Waals surface area (Å²) in [5.41, 5.74) is -1.43. The SMILES string of the molecule is CCC(C)(C)C(=O)OC(C)(C)C12CC3CC(CC1C3)C2.CCC(C)(C)C(=O)OC1(C)CCC2CCCCC2C1.CCC(C)C(=O)OC(C)(C)C12CC3CC(CC(C3)C1)C2.CCC(C)C(=O)OC(C)(C)C12CC3CC(CC1C3)C2.CCC(C)C(=O)OC1(C)CCC2CCCCC2C1.CCCCC(C)(OC(=O)C(C)(C)CC)C12CC3CC(CC(C3)C1)C2.CCCCC(C)(OC(=O)C(C)CC)C12CC3CC(CC(C3)C1)C2. The molecule has 0 radical (unpaired) electrons. The third-order valence-electron chi connectivity index (χ3n) is 46.4. The van der Waals surface area contributed by atoms with Crippen LogP contribution in [0.1, 0.15) is 554 Å². The van der Waals surface area contributed by atoms with Gasteiger partial charge in [-0.15, -0.1) is 0 Å². The Balaban J connectivity index is 0.000000140. The van der Waals surface area contributed by atoms with Gasteiger partial charge in [0.15, 0.2) is 0 Å². The fourth-order valence-corrected chi connectivity index (χ4v) is 36.0. The number of ether oxygens (including phenoxy) is 7. The molecule has 20 bridgehead atoms. The van der Waals surface area contributed by atoms with Crippen LogP contribution in [0.4, 0.5) is 0 Å². The van der Waals surface area contributed by atoms with Crippen molar-refractivity contribution in [3.8, 4) is 0 Å². The summed E-state index contributed by atoms with van der Waals surface area (Å²) in [5, 5.41) is 0. The van der Waals surface area contributed by atoms with Crippen LogP contribution in [0, 0.1) is 179 Å². The van der Waals surface area contributed by atoms with Crippen LogP contribution in [0.15, 0.2) is 0 Å². The molecular formula is C129H220O14. The maximum Gasteiger partial charge on any atom is 0.312 e. The van der Waals surface area contributed by atoms with Gasteiger partial charge in [0, 0.05) is 27.1 Å². The third-order valence-corrected chi connectivity index (χ3v) is 46.4. The van der Waals surface area contributed by atoms with E-state index in [2.05, 4.69) is 125 Å². The van der Waals surface area contributed by atoms with Crippen LogP contribution in [0.2, 0.25) is 0 Å². The van der Waals surface area contributed by atoms with Crippen molar-refractivity contribution in [2.24, 2.45) is 179 Å². The van der Waals surface area contributed by atoms with Gasteiger partial charge in [0.1, 0.15) is 39.2 Å². The summed E-state index contributed by atoms with van der Waals surface area (Å²) in [6.07, 6.45) is 69.0. The van der Waals surface area contributed by atoms with Crippen LogP contribution in [-0.2, 0) is 66.7 Å². The van der Waals surface area contributed by atoms with Crippen LogP contribution >= 0.6 is 0 Å². The van der Waals surface area contributed by atoms with E-state index < -0.39 is 0 Å². The van der Waals surface area contributed by atoms with Gasteiger partial charge in [-0.1, -0.05) is 154 Å². The van der Waals surface area contributed by atoms with Gasteiger partial charge in [-0.05, 0) is 512 Å². The van der Waals surface area contributed by atoms with Gasteiger partial charge in [0.25, 0.3) is 0 Å². The zero-order chi connectivity index (χ0) is 105. The van der Waals surface area contributed by atoms with Crippen LogP contribution in [0.5, 0.6) is 0 Å². The zero-order valence-corrected chi connectivity index (χ0v) is 97.9. The fourth-order valence-electron chi connectivity index (χ4n) is 36.0. The molecule has 0 heterocycles. The molecule has 24 rings (SSSR count). The third kappa shape index (κ3) is 25.4. The Hall–Kier alpha value is -3.71. The summed E-state index contributed by atoms with van der Waals surface area (Å²) < 4.78 is 42.7. The lowest BCUT2D eigenvalue weighted by molar-refractivity contribution is -0.213. The van der Waals surface area contributed by atoms with Gasteiger partial charge in [0.2, 0.25) is 0 Å². The first kappa shape index (κ1) is 116. The molecule has 0 aromatic rings. The van der Waals surface area contributed by atoms with E-state index in [0.717, 1.165) is 202 Å². The topological polar surface area (TPSA) is 184 Å². The Kier molecular flexibility index (Phi) is 37.4. The number of unbranched alkanes of at least 4 members (excludes halogenated alkanes) is 2. The molecular weight excluding hydrogens is 1770 g/mol. The number of esters is 7. The molecule has 0 aromatic heterocycles. The van der Waals surface area contributed by atoms with Crippen molar-refractivity contribution in [3.05, 3.63) is 0 Å². The lowest BCUT2D eigenvalue weighted by atomic mass is 9.45. The van der Waals surface area contributed by atoms with Crippen molar-refractivity contribution >= 4 is 41.8 Å². The number of hydrogen-bond acceptors (Lipinski definition) is 14. The summed E-state index contributed by atoms with van der Waals surface area (Å²) in [6.45, 7) is 60.9. The molecule has 0 aliphatic heterocycles. The molecule has 0 N–H and O–H groups in total. The molecule has 24 fully saturated rings. The maximum atomic E-state index is 12.9. The molecule has 24 aliphatic rings. The van der Waals surface area contributed by atoms with Crippen molar-refractivity contribution in [3.63, 3.8) is 0 Å². The van der Waals surface area contributed by atoms with Crippen molar-refractivity contribution in [1.29, 1.82) is 0 Å². The van der Waals surface area contributed by atoms with Gasteiger partial charge in [-0.3, -0.25) is 33.6 Å². The second-order valence-electron chi connectivity index (χ2n) is 59.0. The van der Waals surface area contributed by atoms with E-state index in [0.29, 0.717) is 5.41 Å². The largest absolute Gasteiger partial charge is 0.459 e. The Morgan fingerprint density at radius 1 is 0.273 bits per heavy atom. The summed E-state index contributed by atoms with van der Waals surface area (Å²) >= 11 is 0. The van der Waals surface area contributed by atoms with Gasteiger partial charge >= 0.3 is 41.8 Å². The first-order valence-electron chi connectivity index (χ1n) is 61.6. The van der Waals surface area contributed by atoms with E-state index in [1.807, 2.05) is 76.2 Å². The van der Waals surface area contributed by atoms with Crippen molar-refractivity contribution in [2.45, 2.75) is 593 Å². The van der Waals surface area contributed by atoms with Crippen LogP contribution in [-0.4, -0.2) is 81.0 Å². The number of hydrogen-bond donors (Lipinski definition) is 0. The zero-order valence-electron chi connectivity index (χ0n) is 97.9. The summed E-state index contributed by atoms with van der Waals surface area (Å²) in [6, 6.07) is 0. The van der Waals surface area contributed by atoms with Crippen LogP contribution < -0.4 is 0 Å². The highest BCUT2D eigenvalue weighted by molar-refractivity contribution is 5.78. The maximum absolute atomic E-state index is 12.9. The minimum atomic E-state index is -0.365. The second-order valence-corrected chi connectivity index (χ2v) is 59.0. The van der Waals surface area contributed by atoms with E-state index in [1.54, 1.807) is 0 Å². The molecule has 14 nitrogen and oxygen atoms in total. The molecule has 0 aromatic carbocycles. The molecule has 24 aliphatic carbocycles. The molecule has 16 unspecified atom stereocenters. The number of carbonyl (C=O) groups excluding carboxylic acids is 7. The molecule has 0 spiro atoms. The van der Waals surface area contributed by atoms with Gasteiger partial charge in [-0.2, -0.15) is 0 Å². The predicted molar refractivity (Wildman–Crippen MR) is 580 cm³/mol. The lowest BCUT2D eigenvalue weighted by Gasteiger charge is -2.62. The minimum Gasteiger partial charge on any atom is -0.459 e. The number of fused-ring (bicyclic) bond motifs is 2. The van der Waals surface area contributed by atoms with Gasteiger partial charge < -0.3 is 33.2 Å². The normalized spacial score (nSPS) is 38.7.